The number of nitrogens with one attached hydrogen (secondary N) is 1. The molecule has 1 unspecified atom stereocenters. The molecular weight excluding hydrogens is 246 g/mol. The van der Waals surface area contributed by atoms with E-state index in [1.54, 1.807) is 0 Å². The summed E-state index contributed by atoms with van der Waals surface area (Å²) >= 11 is 0. The molecule has 0 spiro atoms. The molecule has 3 rings (SSSR count). The van der Waals surface area contributed by atoms with Gasteiger partial charge in [0.05, 0.1) is 4.92 Å². The van der Waals surface area contributed by atoms with Crippen LogP contribution in [0.4, 0.5) is 17.3 Å². The number of anilines is 2. The van der Waals surface area contributed by atoms with Gasteiger partial charge in [-0.2, -0.15) is 0 Å². The van der Waals surface area contributed by atoms with Gasteiger partial charge in [0.2, 0.25) is 5.82 Å². The van der Waals surface area contributed by atoms with E-state index in [0.717, 1.165) is 25.6 Å². The summed E-state index contributed by atoms with van der Waals surface area (Å²) in [7, 11) is 0. The summed E-state index contributed by atoms with van der Waals surface area (Å²) in [6.45, 7) is 1.98. The molecule has 2 aliphatic rings. The van der Waals surface area contributed by atoms with Gasteiger partial charge in [-0.05, 0) is 25.3 Å². The highest BCUT2D eigenvalue weighted by Gasteiger charge is 2.35. The number of likely N-dealkylation sites (tertiary alicyclic amines) is 1. The molecule has 1 aliphatic carbocycles. The lowest BCUT2D eigenvalue weighted by Crippen LogP contribution is -2.28. The number of hydrogen-bond acceptors (Lipinski definition) is 6. The van der Waals surface area contributed by atoms with E-state index in [9.17, 15) is 10.1 Å². The number of nitrogen functional groups attached to an aromatic ring is 1. The normalized spacial score (nSPS) is 23.5. The summed E-state index contributed by atoms with van der Waals surface area (Å²) in [5.41, 5.74) is 5.59. The lowest BCUT2D eigenvalue weighted by atomic mass is 10.2. The molecule has 1 aromatic rings. The fourth-order valence-corrected chi connectivity index (χ4v) is 2.59. The van der Waals surface area contributed by atoms with Crippen LogP contribution >= 0.6 is 0 Å². The zero-order valence-electron chi connectivity index (χ0n) is 10.6. The Morgan fingerprint density at radius 2 is 2.21 bits per heavy atom. The first-order valence-corrected chi connectivity index (χ1v) is 6.55. The minimum Gasteiger partial charge on any atom is -0.384 e. The topological polar surface area (TPSA) is 97.3 Å². The van der Waals surface area contributed by atoms with E-state index in [0.29, 0.717) is 5.82 Å². The predicted molar refractivity (Wildman–Crippen MR) is 71.9 cm³/mol. The molecule has 0 aromatic carbocycles. The van der Waals surface area contributed by atoms with Gasteiger partial charge in [-0.25, -0.2) is 4.98 Å². The van der Waals surface area contributed by atoms with Crippen LogP contribution in [0.3, 0.4) is 0 Å². The minimum absolute atomic E-state index is 0.0147. The Morgan fingerprint density at radius 3 is 2.89 bits per heavy atom. The first-order chi connectivity index (χ1) is 9.13. The molecule has 7 nitrogen and oxygen atoms in total. The lowest BCUT2D eigenvalue weighted by molar-refractivity contribution is -0.384. The van der Waals surface area contributed by atoms with Crippen molar-refractivity contribution in [2.45, 2.75) is 31.3 Å². The Hall–Kier alpha value is -1.89. The molecule has 1 atom stereocenters. The van der Waals surface area contributed by atoms with Crippen LogP contribution in [-0.4, -0.2) is 40.0 Å². The van der Waals surface area contributed by atoms with Crippen LogP contribution in [0.15, 0.2) is 12.1 Å². The molecule has 19 heavy (non-hydrogen) atoms. The minimum atomic E-state index is -0.428. The molecule has 2 heterocycles. The summed E-state index contributed by atoms with van der Waals surface area (Å²) in [5.74, 6) is 0.581. The van der Waals surface area contributed by atoms with E-state index in [2.05, 4.69) is 15.2 Å². The van der Waals surface area contributed by atoms with Crippen LogP contribution in [0.2, 0.25) is 0 Å². The predicted octanol–water partition coefficient (Wildman–Crippen LogP) is 1.22. The molecule has 7 heteroatoms. The third-order valence-corrected chi connectivity index (χ3v) is 3.72. The van der Waals surface area contributed by atoms with Gasteiger partial charge in [-0.3, -0.25) is 15.0 Å². The summed E-state index contributed by atoms with van der Waals surface area (Å²) < 4.78 is 0. The molecule has 1 aliphatic heterocycles. The quantitative estimate of drug-likeness (QED) is 0.626. The van der Waals surface area contributed by atoms with Crippen LogP contribution in [-0.2, 0) is 0 Å². The number of nitrogens with two attached hydrogens (primary N) is 1. The summed E-state index contributed by atoms with van der Waals surface area (Å²) in [6.07, 6.45) is 3.55. The van der Waals surface area contributed by atoms with Gasteiger partial charge in [0.15, 0.2) is 0 Å². The third kappa shape index (κ3) is 2.60. The van der Waals surface area contributed by atoms with Crippen molar-refractivity contribution in [1.29, 1.82) is 0 Å². The molecule has 102 valence electrons. The van der Waals surface area contributed by atoms with Crippen molar-refractivity contribution in [2.24, 2.45) is 0 Å². The Morgan fingerprint density at radius 1 is 1.42 bits per heavy atom. The molecule has 1 saturated heterocycles. The molecule has 1 saturated carbocycles. The van der Waals surface area contributed by atoms with Gasteiger partial charge >= 0.3 is 5.69 Å². The van der Waals surface area contributed by atoms with E-state index in [4.69, 9.17) is 5.73 Å². The van der Waals surface area contributed by atoms with E-state index >= 15 is 0 Å². The summed E-state index contributed by atoms with van der Waals surface area (Å²) in [4.78, 5) is 17.0. The van der Waals surface area contributed by atoms with Crippen molar-refractivity contribution in [3.63, 3.8) is 0 Å². The number of pyridine rings is 1. The number of rotatable bonds is 4. The zero-order chi connectivity index (χ0) is 13.4. The van der Waals surface area contributed by atoms with Crippen LogP contribution in [0.1, 0.15) is 19.3 Å². The molecule has 0 radical (unpaired) electrons. The molecule has 0 bridgehead atoms. The molecule has 1 aromatic heterocycles. The van der Waals surface area contributed by atoms with Crippen LogP contribution in [0.5, 0.6) is 0 Å². The van der Waals surface area contributed by atoms with Gasteiger partial charge in [0.25, 0.3) is 0 Å². The summed E-state index contributed by atoms with van der Waals surface area (Å²) in [5, 5.41) is 14.1. The highest BCUT2D eigenvalue weighted by Crippen LogP contribution is 2.31. The molecular formula is C12H17N5O2. The highest BCUT2D eigenvalue weighted by atomic mass is 16.6. The monoisotopic (exact) mass is 263 g/mol. The van der Waals surface area contributed by atoms with Crippen molar-refractivity contribution in [3.8, 4) is 0 Å². The Labute approximate surface area is 110 Å². The second kappa shape index (κ2) is 4.65. The van der Waals surface area contributed by atoms with Gasteiger partial charge in [-0.15, -0.1) is 0 Å². The van der Waals surface area contributed by atoms with E-state index in [1.807, 2.05) is 0 Å². The van der Waals surface area contributed by atoms with Gasteiger partial charge in [0.1, 0.15) is 5.82 Å². The first kappa shape index (κ1) is 12.2. The smallest absolute Gasteiger partial charge is 0.311 e. The van der Waals surface area contributed by atoms with Gasteiger partial charge in [0, 0.05) is 31.2 Å². The second-order valence-electron chi connectivity index (χ2n) is 5.22. The van der Waals surface area contributed by atoms with Crippen molar-refractivity contribution < 1.29 is 4.92 Å². The largest absolute Gasteiger partial charge is 0.384 e. The number of hydrogen-bond donors (Lipinski definition) is 2. The van der Waals surface area contributed by atoms with Crippen molar-refractivity contribution in [1.82, 2.24) is 9.88 Å². The Bertz CT molecular complexity index is 503. The van der Waals surface area contributed by atoms with Crippen molar-refractivity contribution in [2.75, 3.05) is 24.1 Å². The maximum absolute atomic E-state index is 11.0. The van der Waals surface area contributed by atoms with Crippen LogP contribution in [0.25, 0.3) is 0 Å². The van der Waals surface area contributed by atoms with E-state index in [-0.39, 0.29) is 17.5 Å². The zero-order valence-corrected chi connectivity index (χ0v) is 10.6. The molecule has 0 amide bonds. The second-order valence-corrected chi connectivity index (χ2v) is 5.22. The van der Waals surface area contributed by atoms with Crippen LogP contribution in [0, 0.1) is 10.1 Å². The molecule has 2 fully saturated rings. The fourth-order valence-electron chi connectivity index (χ4n) is 2.59. The molecule has 3 N–H and O–H groups in total. The van der Waals surface area contributed by atoms with Crippen LogP contribution < -0.4 is 11.1 Å². The average Bonchev–Trinajstić information content (AvgIpc) is 3.10. The van der Waals surface area contributed by atoms with Gasteiger partial charge in [-0.1, -0.05) is 0 Å². The van der Waals surface area contributed by atoms with E-state index in [1.165, 1.54) is 25.0 Å². The average molecular weight is 263 g/mol. The fraction of sp³-hybridized carbons (Fsp3) is 0.583. The first-order valence-electron chi connectivity index (χ1n) is 6.55. The highest BCUT2D eigenvalue weighted by molar-refractivity contribution is 5.59. The number of nitrogens with zero attached hydrogens (tertiary/aromatic N) is 3. The SMILES string of the molecule is Nc1ccc([N+](=O)[O-])c(NC2CCN(C3CC3)C2)n1. The van der Waals surface area contributed by atoms with E-state index < -0.39 is 4.92 Å². The Kier molecular flexibility index (Phi) is 2.98. The number of aromatic nitrogens is 1. The van der Waals surface area contributed by atoms with Crippen molar-refractivity contribution in [3.05, 3.63) is 22.2 Å². The van der Waals surface area contributed by atoms with Crippen molar-refractivity contribution >= 4 is 17.3 Å². The standard InChI is InChI=1S/C12H17N5O2/c13-11-4-3-10(17(18)19)12(15-11)14-8-5-6-16(7-8)9-1-2-9/h3-4,8-9H,1-2,5-7H2,(H3,13,14,15). The van der Waals surface area contributed by atoms with Gasteiger partial charge < -0.3 is 11.1 Å². The lowest BCUT2D eigenvalue weighted by Gasteiger charge is -2.16. The third-order valence-electron chi connectivity index (χ3n) is 3.72. The maximum atomic E-state index is 11.0. The Balaban J connectivity index is 1.72. The summed E-state index contributed by atoms with van der Waals surface area (Å²) in [6, 6.07) is 3.80. The number of nitro groups is 1. The maximum Gasteiger partial charge on any atom is 0.311 e.